The third-order valence-corrected chi connectivity index (χ3v) is 6.30. The van der Waals surface area contributed by atoms with Crippen LogP contribution >= 0.6 is 0 Å². The first kappa shape index (κ1) is 24.8. The van der Waals surface area contributed by atoms with Gasteiger partial charge in [-0.25, -0.2) is 9.18 Å². The van der Waals surface area contributed by atoms with E-state index in [4.69, 9.17) is 5.73 Å². The van der Waals surface area contributed by atoms with E-state index in [1.165, 1.54) is 12.1 Å². The van der Waals surface area contributed by atoms with Crippen LogP contribution in [-0.4, -0.2) is 37.6 Å². The van der Waals surface area contributed by atoms with Crippen LogP contribution in [0, 0.1) is 5.82 Å². The fourth-order valence-corrected chi connectivity index (χ4v) is 4.44. The summed E-state index contributed by atoms with van der Waals surface area (Å²) in [6.45, 7) is 0.322. The second kappa shape index (κ2) is 10.9. The van der Waals surface area contributed by atoms with Crippen molar-refractivity contribution in [2.24, 2.45) is 5.73 Å². The Morgan fingerprint density at radius 2 is 1.67 bits per heavy atom. The minimum Gasteiger partial charge on any atom is -0.378 e. The normalized spacial score (nSPS) is 12.6. The number of fused-ring (bicyclic) bond motifs is 1. The van der Waals surface area contributed by atoms with Gasteiger partial charge in [0, 0.05) is 54.9 Å². The third-order valence-electron chi connectivity index (χ3n) is 6.30. The summed E-state index contributed by atoms with van der Waals surface area (Å²) in [5, 5.41) is 6.55. The molecule has 5 N–H and O–H groups in total. The van der Waals surface area contributed by atoms with E-state index in [0.29, 0.717) is 6.54 Å². The summed E-state index contributed by atoms with van der Waals surface area (Å²) >= 11 is 0. The predicted molar refractivity (Wildman–Crippen MR) is 140 cm³/mol. The first-order valence-corrected chi connectivity index (χ1v) is 11.7. The number of hydrogen-bond donors (Lipinski definition) is 4. The number of para-hydroxylation sites is 1. The minimum absolute atomic E-state index is 0.127. The van der Waals surface area contributed by atoms with Gasteiger partial charge in [-0.1, -0.05) is 48.5 Å². The van der Waals surface area contributed by atoms with Gasteiger partial charge in [0.15, 0.2) is 0 Å². The molecule has 8 heteroatoms. The smallest absolute Gasteiger partial charge is 0.312 e. The predicted octanol–water partition coefficient (Wildman–Crippen LogP) is 4.42. The Balaban J connectivity index is 1.57. The number of rotatable bonds is 9. The van der Waals surface area contributed by atoms with Gasteiger partial charge < -0.3 is 26.3 Å². The highest BCUT2D eigenvalue weighted by molar-refractivity contribution is 5.84. The van der Waals surface area contributed by atoms with Crippen molar-refractivity contribution in [3.8, 4) is 0 Å². The molecule has 4 aromatic rings. The van der Waals surface area contributed by atoms with Crippen molar-refractivity contribution < 1.29 is 14.0 Å². The van der Waals surface area contributed by atoms with Gasteiger partial charge in [0.25, 0.3) is 0 Å². The zero-order valence-electron chi connectivity index (χ0n) is 20.3. The molecule has 4 rings (SSSR count). The van der Waals surface area contributed by atoms with Crippen LogP contribution in [0.3, 0.4) is 0 Å². The van der Waals surface area contributed by atoms with E-state index in [1.54, 1.807) is 12.1 Å². The van der Waals surface area contributed by atoms with Crippen molar-refractivity contribution in [1.29, 1.82) is 0 Å². The largest absolute Gasteiger partial charge is 0.378 e. The number of H-pyrrole nitrogens is 1. The number of amides is 3. The Morgan fingerprint density at radius 1 is 0.972 bits per heavy atom. The van der Waals surface area contributed by atoms with Crippen LogP contribution in [0.2, 0.25) is 0 Å². The number of nitrogens with two attached hydrogens (primary N) is 1. The molecule has 0 unspecified atom stereocenters. The van der Waals surface area contributed by atoms with Gasteiger partial charge in [-0.3, -0.25) is 4.79 Å². The van der Waals surface area contributed by atoms with Crippen molar-refractivity contribution in [2.75, 3.05) is 25.5 Å². The summed E-state index contributed by atoms with van der Waals surface area (Å²) in [7, 11) is 3.97. The number of carbonyl (C=O) groups is 2. The molecule has 0 radical (unpaired) electrons. The number of halogens is 1. The lowest BCUT2D eigenvalue weighted by Crippen LogP contribution is -2.38. The monoisotopic (exact) mass is 487 g/mol. The first-order chi connectivity index (χ1) is 17.3. The van der Waals surface area contributed by atoms with Gasteiger partial charge in [0.2, 0.25) is 5.91 Å². The van der Waals surface area contributed by atoms with Crippen LogP contribution in [-0.2, 0) is 4.79 Å². The second-order valence-electron chi connectivity index (χ2n) is 8.92. The number of aromatic nitrogens is 1. The van der Waals surface area contributed by atoms with Crippen molar-refractivity contribution in [3.05, 3.63) is 102 Å². The number of urea groups is 1. The molecule has 0 aliphatic heterocycles. The summed E-state index contributed by atoms with van der Waals surface area (Å²) in [5.41, 5.74) is 9.70. The number of primary amides is 1. The van der Waals surface area contributed by atoms with Crippen LogP contribution in [0.25, 0.3) is 10.9 Å². The van der Waals surface area contributed by atoms with Gasteiger partial charge in [0.05, 0.1) is 12.5 Å². The number of benzene rings is 3. The maximum absolute atomic E-state index is 14.4. The van der Waals surface area contributed by atoms with E-state index in [-0.39, 0.29) is 23.8 Å². The number of anilines is 1. The molecule has 1 aromatic heterocycles. The van der Waals surface area contributed by atoms with Gasteiger partial charge in [-0.2, -0.15) is 0 Å². The molecule has 3 amide bonds. The molecule has 0 aliphatic rings. The van der Waals surface area contributed by atoms with Crippen LogP contribution in [0.15, 0.2) is 79.0 Å². The van der Waals surface area contributed by atoms with E-state index in [9.17, 15) is 14.0 Å². The Bertz CT molecular complexity index is 1350. The molecule has 2 atom stereocenters. The number of nitrogens with zero attached hydrogens (tertiary/aromatic N) is 1. The highest BCUT2D eigenvalue weighted by Gasteiger charge is 2.23. The number of aromatic amines is 1. The van der Waals surface area contributed by atoms with Crippen LogP contribution < -0.4 is 21.3 Å². The zero-order valence-corrected chi connectivity index (χ0v) is 20.3. The molecule has 3 aromatic carbocycles. The molecule has 36 heavy (non-hydrogen) atoms. The summed E-state index contributed by atoms with van der Waals surface area (Å²) in [5.74, 6) is -0.967. The van der Waals surface area contributed by atoms with Crippen molar-refractivity contribution in [2.45, 2.75) is 18.4 Å². The average molecular weight is 488 g/mol. The molecule has 0 fully saturated rings. The topological polar surface area (TPSA) is 103 Å². The van der Waals surface area contributed by atoms with Crippen LogP contribution in [0.5, 0.6) is 0 Å². The highest BCUT2D eigenvalue weighted by Crippen LogP contribution is 2.31. The van der Waals surface area contributed by atoms with Gasteiger partial charge in [-0.15, -0.1) is 0 Å². The Hall–Kier alpha value is -4.33. The molecule has 7 nitrogen and oxygen atoms in total. The number of carbonyl (C=O) groups excluding carboxylic acids is 2. The maximum Gasteiger partial charge on any atom is 0.312 e. The van der Waals surface area contributed by atoms with E-state index >= 15 is 0 Å². The molecule has 0 aliphatic carbocycles. The lowest BCUT2D eigenvalue weighted by molar-refractivity contribution is -0.121. The molecule has 0 saturated heterocycles. The number of hydrogen-bond acceptors (Lipinski definition) is 3. The average Bonchev–Trinajstić information content (AvgIpc) is 3.28. The van der Waals surface area contributed by atoms with Gasteiger partial charge in [-0.05, 0) is 35.4 Å². The molecule has 186 valence electrons. The standard InChI is InChI=1S/C28H30FN5O2/c1-34(2)19-13-11-18(12-14-19)22(23-17-31-25-10-6-4-7-20(23)25)16-32-27(35)15-26(33-28(30)36)21-8-3-5-9-24(21)29/h3-14,17,22,26,31H,15-16H2,1-2H3,(H,32,35)(H3,30,33,36)/t22-,26-/m0/s1. The lowest BCUT2D eigenvalue weighted by atomic mass is 9.90. The molecule has 0 saturated carbocycles. The molecular formula is C28H30FN5O2. The van der Waals surface area contributed by atoms with Crippen LogP contribution in [0.4, 0.5) is 14.9 Å². The summed E-state index contributed by atoms with van der Waals surface area (Å²) in [6, 6.07) is 20.5. The molecular weight excluding hydrogens is 457 g/mol. The quantitative estimate of drug-likeness (QED) is 0.281. The molecule has 0 spiro atoms. The van der Waals surface area contributed by atoms with Gasteiger partial charge >= 0.3 is 6.03 Å². The van der Waals surface area contributed by atoms with E-state index in [1.807, 2.05) is 55.5 Å². The maximum atomic E-state index is 14.4. The second-order valence-corrected chi connectivity index (χ2v) is 8.92. The zero-order chi connectivity index (χ0) is 25.7. The molecule has 1 heterocycles. The van der Waals surface area contributed by atoms with Crippen molar-refractivity contribution >= 4 is 28.5 Å². The first-order valence-electron chi connectivity index (χ1n) is 11.7. The van der Waals surface area contributed by atoms with Crippen molar-refractivity contribution in [3.63, 3.8) is 0 Å². The summed E-state index contributed by atoms with van der Waals surface area (Å²) in [4.78, 5) is 29.9. The summed E-state index contributed by atoms with van der Waals surface area (Å²) < 4.78 is 14.4. The van der Waals surface area contributed by atoms with Gasteiger partial charge in [0.1, 0.15) is 5.82 Å². The summed E-state index contributed by atoms with van der Waals surface area (Å²) in [6.07, 6.45) is 1.82. The van der Waals surface area contributed by atoms with Crippen molar-refractivity contribution in [1.82, 2.24) is 15.6 Å². The highest BCUT2D eigenvalue weighted by atomic mass is 19.1. The number of nitrogens with one attached hydrogen (secondary N) is 3. The minimum atomic E-state index is -0.880. The fourth-order valence-electron chi connectivity index (χ4n) is 4.44. The Morgan fingerprint density at radius 3 is 2.36 bits per heavy atom. The van der Waals surface area contributed by atoms with E-state index < -0.39 is 17.9 Å². The SMILES string of the molecule is CN(C)c1ccc([C@H](CNC(=O)C[C@H](NC(N)=O)c2ccccc2F)c2c[nH]c3ccccc23)cc1. The van der Waals surface area contributed by atoms with E-state index in [0.717, 1.165) is 27.7 Å². The Labute approximate surface area is 209 Å². The lowest BCUT2D eigenvalue weighted by Gasteiger charge is -2.22. The van der Waals surface area contributed by atoms with E-state index in [2.05, 4.69) is 33.8 Å². The molecule has 0 bridgehead atoms. The fraction of sp³-hybridized carbons (Fsp3) is 0.214. The third kappa shape index (κ3) is 5.66. The van der Waals surface area contributed by atoms with Crippen LogP contribution in [0.1, 0.15) is 35.1 Å². The Kier molecular flexibility index (Phi) is 7.53.